The lowest BCUT2D eigenvalue weighted by Crippen LogP contribution is -2.61. The van der Waals surface area contributed by atoms with E-state index in [1.807, 2.05) is 6.92 Å². The Morgan fingerprint density at radius 3 is 2.71 bits per heavy atom. The Balaban J connectivity index is 2.46. The van der Waals surface area contributed by atoms with Crippen LogP contribution in [0, 0.1) is 5.92 Å². The van der Waals surface area contributed by atoms with Crippen molar-refractivity contribution in [2.75, 3.05) is 6.61 Å². The Kier molecular flexibility index (Phi) is 5.23. The van der Waals surface area contributed by atoms with Gasteiger partial charge in [0.1, 0.15) is 12.3 Å². The summed E-state index contributed by atoms with van der Waals surface area (Å²) in [5.41, 5.74) is 6.11. The van der Waals surface area contributed by atoms with Crippen molar-refractivity contribution in [3.05, 3.63) is 35.6 Å². The van der Waals surface area contributed by atoms with Crippen LogP contribution in [0.1, 0.15) is 26.7 Å². The van der Waals surface area contributed by atoms with E-state index < -0.39 is 23.9 Å². The van der Waals surface area contributed by atoms with Crippen molar-refractivity contribution in [1.82, 2.24) is 4.90 Å². The number of primary amides is 1. The van der Waals surface area contributed by atoms with Crippen LogP contribution in [0.3, 0.4) is 0 Å². The summed E-state index contributed by atoms with van der Waals surface area (Å²) in [5.74, 6) is -2.31. The van der Waals surface area contributed by atoms with Crippen molar-refractivity contribution in [3.8, 4) is 0 Å². The van der Waals surface area contributed by atoms with E-state index in [-0.39, 0.29) is 36.2 Å². The summed E-state index contributed by atoms with van der Waals surface area (Å²) in [4.78, 5) is 37.8. The van der Waals surface area contributed by atoms with Crippen LogP contribution in [0.5, 0.6) is 0 Å². The first kappa shape index (κ1) is 17.9. The Morgan fingerprint density at radius 1 is 1.54 bits per heavy atom. The van der Waals surface area contributed by atoms with Gasteiger partial charge in [-0.15, -0.1) is 0 Å². The molecule has 1 saturated heterocycles. The molecular formula is C17H22N2O5. The number of hydrogen-bond acceptors (Lipinski definition) is 5. The second-order valence-electron chi connectivity index (χ2n) is 5.85. The number of amides is 2. The smallest absolute Gasteiger partial charge is 0.355 e. The normalized spacial score (nSPS) is 24.4. The highest BCUT2D eigenvalue weighted by Gasteiger charge is 2.57. The fraction of sp³-hybridized carbons (Fsp3) is 0.471. The summed E-state index contributed by atoms with van der Waals surface area (Å²) in [6, 6.07) is -0.363. The molecule has 1 fully saturated rings. The topological polar surface area (TPSA) is 110 Å². The third kappa shape index (κ3) is 2.87. The molecule has 0 aromatic heterocycles. The maximum absolute atomic E-state index is 12.4. The number of aliphatic hydroxyl groups is 1. The van der Waals surface area contributed by atoms with Crippen LogP contribution in [-0.2, 0) is 19.1 Å². The number of carbonyl (C=O) groups excluding carboxylic acids is 3. The Bertz CT molecular complexity index is 647. The average Bonchev–Trinajstić information content (AvgIpc) is 2.84. The minimum atomic E-state index is -0.837. The molecule has 2 aliphatic rings. The molecule has 0 saturated carbocycles. The molecule has 0 bridgehead atoms. The van der Waals surface area contributed by atoms with Crippen LogP contribution in [0.4, 0.5) is 0 Å². The zero-order valence-electron chi connectivity index (χ0n) is 13.8. The van der Waals surface area contributed by atoms with E-state index in [1.165, 1.54) is 17.9 Å². The average molecular weight is 334 g/mol. The van der Waals surface area contributed by atoms with E-state index in [0.717, 1.165) is 0 Å². The van der Waals surface area contributed by atoms with Gasteiger partial charge in [0, 0.05) is 5.57 Å². The maximum Gasteiger partial charge on any atom is 0.355 e. The Morgan fingerprint density at radius 2 is 2.21 bits per heavy atom. The number of hydrogen-bond donors (Lipinski definition) is 2. The highest BCUT2D eigenvalue weighted by Crippen LogP contribution is 2.46. The van der Waals surface area contributed by atoms with Gasteiger partial charge in [0.2, 0.25) is 11.8 Å². The summed E-state index contributed by atoms with van der Waals surface area (Å²) in [5, 5.41) is 9.79. The molecule has 0 aliphatic carbocycles. The number of fused-ring (bicyclic) bond motifs is 1. The molecule has 2 amide bonds. The molecule has 0 aromatic carbocycles. The van der Waals surface area contributed by atoms with Gasteiger partial charge >= 0.3 is 5.97 Å². The summed E-state index contributed by atoms with van der Waals surface area (Å²) >= 11 is 0. The molecule has 2 aliphatic heterocycles. The number of aliphatic hydroxyl groups excluding tert-OH is 1. The minimum absolute atomic E-state index is 0.00839. The molecule has 0 aromatic rings. The summed E-state index contributed by atoms with van der Waals surface area (Å²) in [6.07, 6.45) is 3.05. The van der Waals surface area contributed by atoms with Gasteiger partial charge < -0.3 is 20.5 Å². The van der Waals surface area contributed by atoms with E-state index in [9.17, 15) is 19.5 Å². The molecule has 0 radical (unpaired) electrons. The van der Waals surface area contributed by atoms with Gasteiger partial charge in [0.25, 0.3) is 0 Å². The number of nitrogens with zero attached hydrogens (tertiary/aromatic N) is 1. The van der Waals surface area contributed by atoms with Crippen LogP contribution in [0.15, 0.2) is 35.6 Å². The first-order valence-corrected chi connectivity index (χ1v) is 7.87. The Labute approximate surface area is 140 Å². The number of rotatable bonds is 7. The first-order chi connectivity index (χ1) is 11.3. The third-order valence-electron chi connectivity index (χ3n) is 4.25. The number of allylic oxidation sites excluding steroid dienone is 1. The molecule has 0 unspecified atom stereocenters. The molecule has 3 atom stereocenters. The SMILES string of the molecule is C=CCOC(=O)C1=C(/C(=C/CC)C(N)=O)C[C@@H]2[C@@H]([C@@H](C)O)C(=O)N12. The van der Waals surface area contributed by atoms with Crippen LogP contribution in [0.2, 0.25) is 0 Å². The first-order valence-electron chi connectivity index (χ1n) is 7.87. The summed E-state index contributed by atoms with van der Waals surface area (Å²) < 4.78 is 5.06. The number of nitrogens with two attached hydrogens (primary N) is 1. The fourth-order valence-corrected chi connectivity index (χ4v) is 3.28. The second kappa shape index (κ2) is 7.00. The van der Waals surface area contributed by atoms with Crippen molar-refractivity contribution in [1.29, 1.82) is 0 Å². The highest BCUT2D eigenvalue weighted by molar-refractivity contribution is 6.05. The predicted molar refractivity (Wildman–Crippen MR) is 86.2 cm³/mol. The zero-order valence-corrected chi connectivity index (χ0v) is 13.8. The van der Waals surface area contributed by atoms with Gasteiger partial charge in [0.05, 0.1) is 18.1 Å². The van der Waals surface area contributed by atoms with Crippen LogP contribution < -0.4 is 5.73 Å². The lowest BCUT2D eigenvalue weighted by molar-refractivity contribution is -0.162. The molecule has 7 nitrogen and oxygen atoms in total. The van der Waals surface area contributed by atoms with Crippen molar-refractivity contribution in [2.45, 2.75) is 38.8 Å². The Hall–Kier alpha value is -2.41. The quantitative estimate of drug-likeness (QED) is 0.303. The van der Waals surface area contributed by atoms with Gasteiger partial charge in [-0.2, -0.15) is 0 Å². The molecule has 2 heterocycles. The summed E-state index contributed by atoms with van der Waals surface area (Å²) in [6.45, 7) is 6.84. The number of esters is 1. The highest BCUT2D eigenvalue weighted by atomic mass is 16.5. The van der Waals surface area contributed by atoms with Crippen LogP contribution >= 0.6 is 0 Å². The van der Waals surface area contributed by atoms with E-state index >= 15 is 0 Å². The fourth-order valence-electron chi connectivity index (χ4n) is 3.28. The summed E-state index contributed by atoms with van der Waals surface area (Å²) in [7, 11) is 0. The lowest BCUT2D eigenvalue weighted by Gasteiger charge is -2.44. The van der Waals surface area contributed by atoms with E-state index in [4.69, 9.17) is 10.5 Å². The molecule has 130 valence electrons. The third-order valence-corrected chi connectivity index (χ3v) is 4.25. The van der Waals surface area contributed by atoms with Crippen LogP contribution in [0.25, 0.3) is 0 Å². The number of carbonyl (C=O) groups is 3. The zero-order chi connectivity index (χ0) is 18.0. The van der Waals surface area contributed by atoms with Crippen molar-refractivity contribution in [3.63, 3.8) is 0 Å². The molecule has 24 heavy (non-hydrogen) atoms. The molecular weight excluding hydrogens is 312 g/mol. The molecule has 0 spiro atoms. The lowest BCUT2D eigenvalue weighted by atomic mass is 9.82. The van der Waals surface area contributed by atoms with Gasteiger partial charge in [-0.1, -0.05) is 25.7 Å². The van der Waals surface area contributed by atoms with E-state index in [2.05, 4.69) is 6.58 Å². The van der Waals surface area contributed by atoms with Crippen molar-refractivity contribution in [2.24, 2.45) is 11.7 Å². The van der Waals surface area contributed by atoms with Gasteiger partial charge in [-0.05, 0) is 25.3 Å². The molecule has 7 heteroatoms. The van der Waals surface area contributed by atoms with Gasteiger partial charge in [-0.25, -0.2) is 4.79 Å². The van der Waals surface area contributed by atoms with Crippen molar-refractivity contribution >= 4 is 17.8 Å². The minimum Gasteiger partial charge on any atom is -0.457 e. The van der Waals surface area contributed by atoms with Gasteiger partial charge in [0.15, 0.2) is 0 Å². The van der Waals surface area contributed by atoms with Crippen LogP contribution in [-0.4, -0.2) is 46.5 Å². The maximum atomic E-state index is 12.4. The molecule has 3 N–H and O–H groups in total. The molecule has 2 rings (SSSR count). The monoisotopic (exact) mass is 334 g/mol. The van der Waals surface area contributed by atoms with E-state index in [1.54, 1.807) is 6.08 Å². The number of ether oxygens (including phenoxy) is 1. The predicted octanol–water partition coefficient (Wildman–Crippen LogP) is 0.403. The van der Waals surface area contributed by atoms with Gasteiger partial charge in [-0.3, -0.25) is 9.59 Å². The largest absolute Gasteiger partial charge is 0.457 e. The second-order valence-corrected chi connectivity index (χ2v) is 5.85. The standard InChI is InChI=1S/C17H22N2O5/c1-4-6-10(15(18)21)11-8-12-13(9(3)20)16(22)19(12)14(11)17(23)24-7-5-2/h5-6,9,12-13,20H,2,4,7-8H2,1,3H3,(H2,18,21)/b10-6-/t9-,12-,13-/m1/s1. The number of β-lactam (4-membered cyclic amide) rings is 1. The van der Waals surface area contributed by atoms with Crippen molar-refractivity contribution < 1.29 is 24.2 Å². The van der Waals surface area contributed by atoms with E-state index in [0.29, 0.717) is 12.0 Å².